The van der Waals surface area contributed by atoms with Gasteiger partial charge in [0, 0.05) is 38.9 Å². The maximum atomic E-state index is 13.4. The summed E-state index contributed by atoms with van der Waals surface area (Å²) in [6, 6.07) is 9.84. The number of imidazole rings is 1. The Balaban J connectivity index is 1.65. The average molecular weight is 423 g/mol. The summed E-state index contributed by atoms with van der Waals surface area (Å²) < 4.78 is 15.3. The largest absolute Gasteiger partial charge is 0.331 e. The first-order valence-corrected chi connectivity index (χ1v) is 10.3. The molecule has 1 saturated heterocycles. The molecule has 31 heavy (non-hydrogen) atoms. The molecule has 3 heterocycles. The Morgan fingerprint density at radius 1 is 1.19 bits per heavy atom. The number of amides is 3. The SMILES string of the molecule is Cc1ccn2c(NC(=O)[C@H]3CCCN(C(=O)N(C)C)C3)c(-c3ccc(F)cc3)nc2c1. The van der Waals surface area contributed by atoms with Crippen molar-refractivity contribution >= 4 is 23.4 Å². The quantitative estimate of drug-likeness (QED) is 0.697. The lowest BCUT2D eigenvalue weighted by atomic mass is 9.97. The number of nitrogens with zero attached hydrogens (tertiary/aromatic N) is 4. The van der Waals surface area contributed by atoms with Crippen LogP contribution in [0, 0.1) is 18.7 Å². The number of rotatable bonds is 3. The molecule has 0 unspecified atom stereocenters. The molecule has 0 aliphatic carbocycles. The van der Waals surface area contributed by atoms with E-state index < -0.39 is 0 Å². The van der Waals surface area contributed by atoms with Crippen molar-refractivity contribution in [3.8, 4) is 11.3 Å². The van der Waals surface area contributed by atoms with Crippen molar-refractivity contribution in [3.05, 3.63) is 54.0 Å². The van der Waals surface area contributed by atoms with Crippen molar-refractivity contribution in [1.29, 1.82) is 0 Å². The predicted octanol–water partition coefficient (Wildman–Crippen LogP) is 3.78. The third kappa shape index (κ3) is 4.23. The number of carbonyl (C=O) groups excluding carboxylic acids is 2. The van der Waals surface area contributed by atoms with Crippen LogP contribution in [0.1, 0.15) is 18.4 Å². The van der Waals surface area contributed by atoms with Gasteiger partial charge in [0.1, 0.15) is 23.0 Å². The number of nitrogens with one attached hydrogen (secondary N) is 1. The molecular formula is C23H26FN5O2. The average Bonchev–Trinajstić information content (AvgIpc) is 3.10. The first-order valence-electron chi connectivity index (χ1n) is 10.3. The van der Waals surface area contributed by atoms with E-state index >= 15 is 0 Å². The molecule has 8 heteroatoms. The van der Waals surface area contributed by atoms with E-state index in [0.717, 1.165) is 12.0 Å². The Labute approximate surface area is 180 Å². The Morgan fingerprint density at radius 3 is 2.65 bits per heavy atom. The van der Waals surface area contributed by atoms with Gasteiger partial charge in [-0.25, -0.2) is 14.2 Å². The number of fused-ring (bicyclic) bond motifs is 1. The summed E-state index contributed by atoms with van der Waals surface area (Å²) in [5.74, 6) is -0.249. The van der Waals surface area contributed by atoms with Crippen molar-refractivity contribution in [2.75, 3.05) is 32.5 Å². The number of anilines is 1. The molecule has 0 spiro atoms. The number of urea groups is 1. The van der Waals surface area contributed by atoms with E-state index in [-0.39, 0.29) is 23.7 Å². The zero-order valence-corrected chi connectivity index (χ0v) is 17.9. The van der Waals surface area contributed by atoms with E-state index in [1.54, 1.807) is 31.1 Å². The van der Waals surface area contributed by atoms with Crippen LogP contribution in [0.5, 0.6) is 0 Å². The summed E-state index contributed by atoms with van der Waals surface area (Å²) in [6.07, 6.45) is 3.35. The lowest BCUT2D eigenvalue weighted by Crippen LogP contribution is -2.47. The van der Waals surface area contributed by atoms with E-state index in [0.29, 0.717) is 42.2 Å². The number of likely N-dealkylation sites (tertiary alicyclic amines) is 1. The first-order chi connectivity index (χ1) is 14.8. The van der Waals surface area contributed by atoms with Crippen LogP contribution in [0.2, 0.25) is 0 Å². The molecule has 0 saturated carbocycles. The number of aromatic nitrogens is 2. The van der Waals surface area contributed by atoms with Gasteiger partial charge in [-0.2, -0.15) is 0 Å². The van der Waals surface area contributed by atoms with Crippen LogP contribution >= 0.6 is 0 Å². The van der Waals surface area contributed by atoms with Crippen LogP contribution in [0.4, 0.5) is 15.0 Å². The maximum Gasteiger partial charge on any atom is 0.319 e. The lowest BCUT2D eigenvalue weighted by Gasteiger charge is -2.33. The number of aryl methyl sites for hydroxylation is 1. The van der Waals surface area contributed by atoms with E-state index in [2.05, 4.69) is 5.32 Å². The van der Waals surface area contributed by atoms with Crippen LogP contribution in [-0.2, 0) is 4.79 Å². The summed E-state index contributed by atoms with van der Waals surface area (Å²) in [6.45, 7) is 3.00. The van der Waals surface area contributed by atoms with Gasteiger partial charge in [0.25, 0.3) is 0 Å². The summed E-state index contributed by atoms with van der Waals surface area (Å²) in [4.78, 5) is 33.5. The normalized spacial score (nSPS) is 16.4. The molecule has 162 valence electrons. The standard InChI is InChI=1S/C23H26FN5O2/c1-15-10-12-29-19(13-15)25-20(16-6-8-18(24)9-7-16)21(29)26-22(30)17-5-4-11-28(14-17)23(31)27(2)3/h6-10,12-13,17H,4-5,11,14H2,1-3H3,(H,26,30)/t17-/m0/s1. The molecule has 1 atom stereocenters. The minimum atomic E-state index is -0.332. The molecule has 3 amide bonds. The molecule has 1 fully saturated rings. The van der Waals surface area contributed by atoms with Gasteiger partial charge in [0.2, 0.25) is 5.91 Å². The van der Waals surface area contributed by atoms with Gasteiger partial charge >= 0.3 is 6.03 Å². The van der Waals surface area contributed by atoms with Gasteiger partial charge in [-0.05, 0) is 61.7 Å². The zero-order valence-electron chi connectivity index (χ0n) is 17.9. The number of pyridine rings is 1. The molecule has 3 aromatic rings. The fourth-order valence-electron chi connectivity index (χ4n) is 3.94. The molecule has 4 rings (SSSR count). The van der Waals surface area contributed by atoms with Crippen molar-refractivity contribution in [2.24, 2.45) is 5.92 Å². The number of carbonyl (C=O) groups is 2. The number of benzene rings is 1. The Morgan fingerprint density at radius 2 is 1.94 bits per heavy atom. The molecular weight excluding hydrogens is 397 g/mol. The van der Waals surface area contributed by atoms with E-state index in [1.165, 1.54) is 17.0 Å². The smallest absolute Gasteiger partial charge is 0.319 e. The van der Waals surface area contributed by atoms with Crippen molar-refractivity contribution in [3.63, 3.8) is 0 Å². The molecule has 0 bridgehead atoms. The van der Waals surface area contributed by atoms with E-state index in [9.17, 15) is 14.0 Å². The van der Waals surface area contributed by atoms with Crippen LogP contribution in [0.3, 0.4) is 0 Å². The Bertz CT molecular complexity index is 1120. The Hall–Kier alpha value is -3.42. The monoisotopic (exact) mass is 423 g/mol. The van der Waals surface area contributed by atoms with Gasteiger partial charge in [-0.1, -0.05) is 0 Å². The second-order valence-electron chi connectivity index (χ2n) is 8.20. The second-order valence-corrected chi connectivity index (χ2v) is 8.20. The zero-order chi connectivity index (χ0) is 22.1. The molecule has 7 nitrogen and oxygen atoms in total. The van der Waals surface area contributed by atoms with Crippen molar-refractivity contribution in [1.82, 2.24) is 19.2 Å². The number of piperidine rings is 1. The lowest BCUT2D eigenvalue weighted by molar-refractivity contribution is -0.121. The molecule has 1 aliphatic heterocycles. The van der Waals surface area contributed by atoms with Crippen LogP contribution < -0.4 is 5.32 Å². The van der Waals surface area contributed by atoms with Gasteiger partial charge in [-0.3, -0.25) is 9.20 Å². The van der Waals surface area contributed by atoms with Gasteiger partial charge in [0.15, 0.2) is 0 Å². The van der Waals surface area contributed by atoms with E-state index in [4.69, 9.17) is 4.98 Å². The van der Waals surface area contributed by atoms with Gasteiger partial charge < -0.3 is 15.1 Å². The van der Waals surface area contributed by atoms with E-state index in [1.807, 2.05) is 29.7 Å². The second kappa shape index (κ2) is 8.37. The van der Waals surface area contributed by atoms with Crippen molar-refractivity contribution < 1.29 is 14.0 Å². The van der Waals surface area contributed by atoms with Crippen LogP contribution in [-0.4, -0.2) is 58.3 Å². The molecule has 1 N–H and O–H groups in total. The highest BCUT2D eigenvalue weighted by atomic mass is 19.1. The predicted molar refractivity (Wildman–Crippen MR) is 117 cm³/mol. The van der Waals surface area contributed by atoms with Crippen LogP contribution in [0.15, 0.2) is 42.6 Å². The molecule has 1 aliphatic rings. The topological polar surface area (TPSA) is 70.0 Å². The minimum Gasteiger partial charge on any atom is -0.331 e. The van der Waals surface area contributed by atoms with Gasteiger partial charge in [0.05, 0.1) is 5.92 Å². The molecule has 2 aromatic heterocycles. The van der Waals surface area contributed by atoms with Crippen LogP contribution in [0.25, 0.3) is 16.9 Å². The number of halogens is 1. The fourth-order valence-corrected chi connectivity index (χ4v) is 3.94. The summed E-state index contributed by atoms with van der Waals surface area (Å²) in [5, 5.41) is 3.04. The molecule has 1 aromatic carbocycles. The minimum absolute atomic E-state index is 0.0882. The molecule has 0 radical (unpaired) electrons. The highest BCUT2D eigenvalue weighted by Crippen LogP contribution is 2.30. The maximum absolute atomic E-state index is 13.4. The Kier molecular flexibility index (Phi) is 5.63. The number of hydrogen-bond acceptors (Lipinski definition) is 3. The fraction of sp³-hybridized carbons (Fsp3) is 0.348. The summed E-state index contributed by atoms with van der Waals surface area (Å²) in [7, 11) is 3.42. The third-order valence-electron chi connectivity index (χ3n) is 5.59. The summed E-state index contributed by atoms with van der Waals surface area (Å²) in [5.41, 5.74) is 3.04. The first kappa shape index (κ1) is 20.8. The third-order valence-corrected chi connectivity index (χ3v) is 5.59. The summed E-state index contributed by atoms with van der Waals surface area (Å²) >= 11 is 0. The highest BCUT2D eigenvalue weighted by Gasteiger charge is 2.30. The van der Waals surface area contributed by atoms with Gasteiger partial charge in [-0.15, -0.1) is 0 Å². The number of hydrogen-bond donors (Lipinski definition) is 1. The highest BCUT2D eigenvalue weighted by molar-refractivity contribution is 5.96. The van der Waals surface area contributed by atoms with Crippen molar-refractivity contribution in [2.45, 2.75) is 19.8 Å².